The van der Waals surface area contributed by atoms with E-state index in [4.69, 9.17) is 0 Å². The predicted molar refractivity (Wildman–Crippen MR) is 131 cm³/mol. The van der Waals surface area contributed by atoms with Crippen molar-refractivity contribution in [3.8, 4) is 0 Å². The molecule has 0 N–H and O–H groups in total. The summed E-state index contributed by atoms with van der Waals surface area (Å²) in [4.78, 5) is 18.0. The Bertz CT molecular complexity index is 1320. The Balaban J connectivity index is 1.64. The van der Waals surface area contributed by atoms with Gasteiger partial charge >= 0.3 is 0 Å². The van der Waals surface area contributed by atoms with Crippen LogP contribution in [0.3, 0.4) is 0 Å². The second-order valence-electron chi connectivity index (χ2n) is 7.66. The zero-order valence-corrected chi connectivity index (χ0v) is 20.8. The van der Waals surface area contributed by atoms with Crippen LogP contribution in [0, 0.1) is 0 Å². The van der Waals surface area contributed by atoms with E-state index < -0.39 is 15.9 Å². The average Bonchev–Trinajstić information content (AvgIpc) is 2.95. The second-order valence-corrected chi connectivity index (χ2v) is 11.5. The zero-order chi connectivity index (χ0) is 22.7. The minimum absolute atomic E-state index is 0.212. The van der Waals surface area contributed by atoms with Crippen LogP contribution >= 0.6 is 27.3 Å². The van der Waals surface area contributed by atoms with E-state index in [0.29, 0.717) is 30.0 Å². The summed E-state index contributed by atoms with van der Waals surface area (Å²) in [6.45, 7) is 5.42. The van der Waals surface area contributed by atoms with Crippen molar-refractivity contribution < 1.29 is 13.2 Å². The first-order chi connectivity index (χ1) is 15.4. The zero-order valence-electron chi connectivity index (χ0n) is 17.5. The molecule has 0 saturated carbocycles. The lowest BCUT2D eigenvalue weighted by molar-refractivity contribution is 0.0998. The lowest BCUT2D eigenvalue weighted by atomic mass is 10.2. The molecule has 4 rings (SSSR count). The van der Waals surface area contributed by atoms with Crippen molar-refractivity contribution in [2.45, 2.75) is 37.1 Å². The van der Waals surface area contributed by atoms with Gasteiger partial charge in [-0.1, -0.05) is 46.2 Å². The van der Waals surface area contributed by atoms with E-state index in [9.17, 15) is 13.2 Å². The predicted octanol–water partition coefficient (Wildman–Crippen LogP) is 4.96. The number of amides is 1. The molecule has 1 aliphatic heterocycles. The highest BCUT2D eigenvalue weighted by molar-refractivity contribution is 9.10. The van der Waals surface area contributed by atoms with Gasteiger partial charge in [0.15, 0.2) is 4.80 Å². The molecule has 0 bridgehead atoms. The molecule has 1 aromatic heterocycles. The molecule has 168 valence electrons. The van der Waals surface area contributed by atoms with Crippen molar-refractivity contribution in [2.24, 2.45) is 4.99 Å². The van der Waals surface area contributed by atoms with E-state index in [2.05, 4.69) is 27.5 Å². The van der Waals surface area contributed by atoms with Crippen molar-refractivity contribution in [2.75, 3.05) is 13.1 Å². The summed E-state index contributed by atoms with van der Waals surface area (Å²) in [6.07, 6.45) is 5.64. The molecule has 3 aromatic rings. The van der Waals surface area contributed by atoms with E-state index in [1.165, 1.54) is 35.6 Å². The Morgan fingerprint density at radius 2 is 1.78 bits per heavy atom. The van der Waals surface area contributed by atoms with Crippen LogP contribution in [0.2, 0.25) is 0 Å². The normalized spacial score (nSPS) is 16.2. The molecular formula is C23H24BrN3O3S2. The highest BCUT2D eigenvalue weighted by Gasteiger charge is 2.25. The van der Waals surface area contributed by atoms with Crippen LogP contribution in [-0.2, 0) is 16.6 Å². The fraction of sp³-hybridized carbons (Fsp3) is 0.304. The molecule has 1 amide bonds. The minimum Gasteiger partial charge on any atom is -0.312 e. The van der Waals surface area contributed by atoms with Gasteiger partial charge in [-0.2, -0.15) is 9.30 Å². The number of allylic oxidation sites excluding steroid dienone is 1. The standard InChI is InChI=1S/C23H24BrN3O3S2/c1-2-13-27-20-12-9-18(24)16-21(20)31-23(27)25-22(28)17-7-10-19(11-8-17)32(29,30)26-14-5-3-4-6-15-26/h2,7-12,16H,1,3-6,13-15H2. The maximum atomic E-state index is 13.0. The Hall–Kier alpha value is -2.07. The molecule has 1 aliphatic rings. The fourth-order valence-electron chi connectivity index (χ4n) is 3.79. The molecule has 6 nitrogen and oxygen atoms in total. The maximum Gasteiger partial charge on any atom is 0.279 e. The van der Waals surface area contributed by atoms with Crippen molar-refractivity contribution in [1.29, 1.82) is 0 Å². The Labute approximate surface area is 200 Å². The smallest absolute Gasteiger partial charge is 0.279 e. The number of carbonyl (C=O) groups excluding carboxylic acids is 1. The minimum atomic E-state index is -3.55. The summed E-state index contributed by atoms with van der Waals surface area (Å²) >= 11 is 4.90. The van der Waals surface area contributed by atoms with Crippen molar-refractivity contribution in [1.82, 2.24) is 8.87 Å². The SMILES string of the molecule is C=CCn1c(=NC(=O)c2ccc(S(=O)(=O)N3CCCCCC3)cc2)sc2cc(Br)ccc21. The first-order valence-corrected chi connectivity index (χ1v) is 13.5. The molecule has 9 heteroatoms. The first-order valence-electron chi connectivity index (χ1n) is 10.5. The number of rotatable bonds is 5. The summed E-state index contributed by atoms with van der Waals surface area (Å²) in [5.41, 5.74) is 1.33. The van der Waals surface area contributed by atoms with Gasteiger partial charge in [-0.25, -0.2) is 8.42 Å². The topological polar surface area (TPSA) is 71.7 Å². The largest absolute Gasteiger partial charge is 0.312 e. The van der Waals surface area contributed by atoms with Crippen molar-refractivity contribution >= 4 is 53.4 Å². The van der Waals surface area contributed by atoms with Crippen LogP contribution < -0.4 is 4.80 Å². The summed E-state index contributed by atoms with van der Waals surface area (Å²) < 4.78 is 31.4. The number of hydrogen-bond donors (Lipinski definition) is 0. The molecule has 0 unspecified atom stereocenters. The molecule has 2 heterocycles. The molecule has 1 fully saturated rings. The van der Waals surface area contributed by atoms with Crippen LogP contribution in [0.25, 0.3) is 10.2 Å². The number of fused-ring (bicyclic) bond motifs is 1. The summed E-state index contributed by atoms with van der Waals surface area (Å²) in [7, 11) is -3.55. The molecule has 2 aromatic carbocycles. The summed E-state index contributed by atoms with van der Waals surface area (Å²) in [5.74, 6) is -0.410. The molecular weight excluding hydrogens is 510 g/mol. The summed E-state index contributed by atoms with van der Waals surface area (Å²) in [5, 5.41) is 0. The van der Waals surface area contributed by atoms with Gasteiger partial charge in [-0.3, -0.25) is 4.79 Å². The molecule has 32 heavy (non-hydrogen) atoms. The van der Waals surface area contributed by atoms with Crippen molar-refractivity contribution in [3.63, 3.8) is 0 Å². The number of hydrogen-bond acceptors (Lipinski definition) is 4. The Kier molecular flexibility index (Phi) is 7.09. The fourth-order valence-corrected chi connectivity index (χ4v) is 6.90. The highest BCUT2D eigenvalue weighted by atomic mass is 79.9. The monoisotopic (exact) mass is 533 g/mol. The first kappa shape index (κ1) is 23.1. The van der Waals surface area contributed by atoms with Crippen molar-refractivity contribution in [3.05, 3.63) is 70.0 Å². The van der Waals surface area contributed by atoms with Crippen LogP contribution in [0.1, 0.15) is 36.0 Å². The molecule has 1 saturated heterocycles. The number of halogens is 1. The molecule has 0 radical (unpaired) electrons. The number of aromatic nitrogens is 1. The number of carbonyl (C=O) groups is 1. The van der Waals surface area contributed by atoms with E-state index in [-0.39, 0.29) is 4.90 Å². The van der Waals surface area contributed by atoms with Gasteiger partial charge in [0, 0.05) is 29.7 Å². The lowest BCUT2D eigenvalue weighted by Gasteiger charge is -2.19. The highest BCUT2D eigenvalue weighted by Crippen LogP contribution is 2.23. The van der Waals surface area contributed by atoms with E-state index in [1.807, 2.05) is 22.8 Å². The van der Waals surface area contributed by atoms with Gasteiger partial charge in [0.1, 0.15) is 0 Å². The number of sulfonamides is 1. The van der Waals surface area contributed by atoms with E-state index in [1.54, 1.807) is 10.4 Å². The van der Waals surface area contributed by atoms with Crippen LogP contribution in [0.5, 0.6) is 0 Å². The van der Waals surface area contributed by atoms with Gasteiger partial charge in [0.2, 0.25) is 10.0 Å². The summed E-state index contributed by atoms with van der Waals surface area (Å²) in [6, 6.07) is 12.0. The van der Waals surface area contributed by atoms with Gasteiger partial charge in [0.25, 0.3) is 5.91 Å². The number of benzene rings is 2. The third-order valence-corrected chi connectivity index (χ3v) is 8.91. The quantitative estimate of drug-likeness (QED) is 0.435. The third kappa shape index (κ3) is 4.80. The van der Waals surface area contributed by atoms with Crippen LogP contribution in [0.4, 0.5) is 0 Å². The Morgan fingerprint density at radius 1 is 1.09 bits per heavy atom. The van der Waals surface area contributed by atoms with Crippen LogP contribution in [-0.4, -0.2) is 36.3 Å². The maximum absolute atomic E-state index is 13.0. The molecule has 0 aliphatic carbocycles. The van der Waals surface area contributed by atoms with E-state index in [0.717, 1.165) is 40.4 Å². The van der Waals surface area contributed by atoms with E-state index >= 15 is 0 Å². The average molecular weight is 535 g/mol. The third-order valence-electron chi connectivity index (χ3n) is 5.46. The van der Waals surface area contributed by atoms with Gasteiger partial charge < -0.3 is 4.57 Å². The molecule has 0 atom stereocenters. The lowest BCUT2D eigenvalue weighted by Crippen LogP contribution is -2.31. The Morgan fingerprint density at radius 3 is 2.44 bits per heavy atom. The second kappa shape index (κ2) is 9.82. The van der Waals surface area contributed by atoms with Gasteiger partial charge in [-0.05, 0) is 55.3 Å². The molecule has 0 spiro atoms. The van der Waals surface area contributed by atoms with Crippen LogP contribution in [0.15, 0.2) is 69.5 Å². The number of nitrogens with zero attached hydrogens (tertiary/aromatic N) is 3. The number of thiazole rings is 1. The van der Waals surface area contributed by atoms with Gasteiger partial charge in [0.05, 0.1) is 15.1 Å². The van der Waals surface area contributed by atoms with Gasteiger partial charge in [-0.15, -0.1) is 6.58 Å².